The molecule has 36 heavy (non-hydrogen) atoms. The zero-order chi connectivity index (χ0) is 27.1. The Hall–Kier alpha value is -1.14. The van der Waals surface area contributed by atoms with Gasteiger partial charge in [0.1, 0.15) is 0 Å². The summed E-state index contributed by atoms with van der Waals surface area (Å²) in [6.45, 7) is 9.29. The molecule has 0 spiro atoms. The summed E-state index contributed by atoms with van der Waals surface area (Å²) >= 11 is 0. The Morgan fingerprint density at radius 1 is 0.472 bits per heavy atom. The van der Waals surface area contributed by atoms with E-state index >= 15 is 0 Å². The number of carbonyl (C=O) groups excluding carboxylic acids is 2. The van der Waals surface area contributed by atoms with Gasteiger partial charge in [-0.25, -0.2) is 0 Å². The number of hydrogen-bond acceptors (Lipinski definition) is 2. The van der Waals surface area contributed by atoms with Gasteiger partial charge in [-0.15, -0.1) is 0 Å². The molecule has 214 valence electrons. The summed E-state index contributed by atoms with van der Waals surface area (Å²) in [4.78, 5) is 24.6. The molecule has 0 radical (unpaired) electrons. The van der Waals surface area contributed by atoms with E-state index in [9.17, 15) is 9.59 Å². The van der Waals surface area contributed by atoms with Gasteiger partial charge in [0, 0.05) is 13.1 Å². The number of amides is 2. The van der Waals surface area contributed by atoms with Gasteiger partial charge in [-0.1, -0.05) is 78.1 Å². The highest BCUT2D eigenvalue weighted by molar-refractivity contribution is 5.77. The lowest BCUT2D eigenvalue weighted by Crippen LogP contribution is -2.48. The van der Waals surface area contributed by atoms with Crippen LogP contribution in [0.2, 0.25) is 0 Å². The summed E-state index contributed by atoms with van der Waals surface area (Å²) in [5.74, 6) is 0.366. The molecule has 0 aliphatic heterocycles. The Morgan fingerprint density at radius 2 is 0.778 bits per heavy atom. The maximum absolute atomic E-state index is 12.3. The van der Waals surface area contributed by atoms with Crippen LogP contribution in [-0.4, -0.2) is 88.2 Å². The van der Waals surface area contributed by atoms with Crippen molar-refractivity contribution >= 4 is 11.8 Å². The van der Waals surface area contributed by atoms with Crippen molar-refractivity contribution in [2.45, 2.75) is 117 Å². The summed E-state index contributed by atoms with van der Waals surface area (Å²) in [7, 11) is 8.64. The fraction of sp³-hybridized carbons (Fsp3) is 0.933. The van der Waals surface area contributed by atoms with E-state index < -0.39 is 0 Å². The van der Waals surface area contributed by atoms with Crippen molar-refractivity contribution in [2.24, 2.45) is 0 Å². The van der Waals surface area contributed by atoms with Crippen molar-refractivity contribution < 1.29 is 18.6 Å². The first-order valence-electron chi connectivity index (χ1n) is 15.3. The zero-order valence-corrected chi connectivity index (χ0v) is 25.3. The van der Waals surface area contributed by atoms with Gasteiger partial charge in [-0.3, -0.25) is 9.59 Å². The Balaban J connectivity index is 3.81. The Bertz CT molecular complexity index is 501. The third-order valence-electron chi connectivity index (χ3n) is 7.13. The lowest BCUT2D eigenvalue weighted by atomic mass is 10.1. The van der Waals surface area contributed by atoms with Crippen LogP contribution in [0.3, 0.4) is 0 Å². The summed E-state index contributed by atoms with van der Waals surface area (Å²) < 4.78 is 1.51. The molecule has 6 heteroatoms. The highest BCUT2D eigenvalue weighted by atomic mass is 16.2. The van der Waals surface area contributed by atoms with Crippen LogP contribution in [0.1, 0.15) is 117 Å². The minimum Gasteiger partial charge on any atom is -0.351 e. The van der Waals surface area contributed by atoms with Crippen LogP contribution in [0.25, 0.3) is 0 Å². The summed E-state index contributed by atoms with van der Waals surface area (Å²) in [6, 6.07) is 0. The maximum atomic E-state index is 12.3. The number of carbonyl (C=O) groups is 2. The minimum absolute atomic E-state index is 0.183. The van der Waals surface area contributed by atoms with Crippen LogP contribution in [0.4, 0.5) is 0 Å². The number of unbranched alkanes of at least 4 members (excludes halogenated alkanes) is 13. The molecule has 0 aromatic rings. The number of rotatable bonds is 25. The molecule has 6 nitrogen and oxygen atoms in total. The summed E-state index contributed by atoms with van der Waals surface area (Å²) in [5, 5.41) is 6.22. The van der Waals surface area contributed by atoms with Crippen molar-refractivity contribution in [1.29, 1.82) is 0 Å². The highest BCUT2D eigenvalue weighted by Gasteiger charge is 2.21. The molecule has 0 aliphatic rings. The second kappa shape index (κ2) is 21.9. The maximum Gasteiger partial charge on any atom is 0.275 e. The van der Waals surface area contributed by atoms with Gasteiger partial charge in [-0.2, -0.15) is 0 Å². The average molecular weight is 513 g/mol. The minimum atomic E-state index is 0.183. The highest BCUT2D eigenvalue weighted by Crippen LogP contribution is 2.09. The predicted molar refractivity (Wildman–Crippen MR) is 155 cm³/mol. The van der Waals surface area contributed by atoms with E-state index in [1.54, 1.807) is 0 Å². The van der Waals surface area contributed by atoms with E-state index in [0.29, 0.717) is 13.1 Å². The molecule has 0 aliphatic carbocycles. The van der Waals surface area contributed by atoms with Crippen LogP contribution in [0, 0.1) is 0 Å². The molecular formula is C30H64N4O2+2. The van der Waals surface area contributed by atoms with Crippen LogP contribution in [-0.2, 0) is 9.59 Å². The fourth-order valence-electron chi connectivity index (χ4n) is 4.75. The molecule has 2 N–H and O–H groups in total. The Labute approximate surface area is 225 Å². The van der Waals surface area contributed by atoms with E-state index in [4.69, 9.17) is 0 Å². The molecule has 0 aromatic heterocycles. The Kier molecular flexibility index (Phi) is 21.2. The average Bonchev–Trinajstić information content (AvgIpc) is 2.79. The number of hydrogen-bond donors (Lipinski definition) is 2. The normalized spacial score (nSPS) is 12.1. The van der Waals surface area contributed by atoms with Gasteiger partial charge in [0.2, 0.25) is 0 Å². The first-order valence-corrected chi connectivity index (χ1v) is 15.3. The van der Waals surface area contributed by atoms with E-state index in [1.165, 1.54) is 77.0 Å². The molecule has 0 saturated heterocycles. The molecule has 0 fully saturated rings. The van der Waals surface area contributed by atoms with E-state index in [0.717, 1.165) is 60.8 Å². The summed E-state index contributed by atoms with van der Waals surface area (Å²) in [6.07, 6.45) is 19.7. The van der Waals surface area contributed by atoms with Gasteiger partial charge in [0.05, 0.1) is 41.3 Å². The SMILES string of the molecule is CCCCCCCCNC(=O)C[N+](C)(C)CCCCCC[N+](C)(C)CC(=O)NCCCCCCCC. The van der Waals surface area contributed by atoms with Crippen LogP contribution in [0.5, 0.6) is 0 Å². The van der Waals surface area contributed by atoms with E-state index in [1.807, 2.05) is 0 Å². The standard InChI is InChI=1S/C30H62N4O2/c1-7-9-11-13-15-19-23-31-29(35)27-33(3,4)25-21-17-18-22-26-34(5,6)28-30(36)32-24-20-16-14-12-10-8-2/h7-28H2,1-6H3/p+2. The molecule has 0 rings (SSSR count). The molecular weight excluding hydrogens is 448 g/mol. The van der Waals surface area contributed by atoms with Gasteiger partial charge in [-0.05, 0) is 38.5 Å². The number of likely N-dealkylation sites (N-methyl/N-ethyl adjacent to an activating group) is 2. The molecule has 0 atom stereocenters. The molecule has 0 heterocycles. The first-order chi connectivity index (χ1) is 17.1. The third-order valence-corrected chi connectivity index (χ3v) is 7.13. The molecule has 0 aromatic carbocycles. The van der Waals surface area contributed by atoms with Crippen molar-refractivity contribution in [3.05, 3.63) is 0 Å². The van der Waals surface area contributed by atoms with Crippen molar-refractivity contribution in [2.75, 3.05) is 67.5 Å². The van der Waals surface area contributed by atoms with Gasteiger partial charge in [0.25, 0.3) is 11.8 Å². The smallest absolute Gasteiger partial charge is 0.275 e. The Morgan fingerprint density at radius 3 is 1.14 bits per heavy atom. The van der Waals surface area contributed by atoms with Gasteiger partial charge in [0.15, 0.2) is 13.1 Å². The second-order valence-electron chi connectivity index (χ2n) is 12.3. The van der Waals surface area contributed by atoms with Crippen molar-refractivity contribution in [1.82, 2.24) is 10.6 Å². The van der Waals surface area contributed by atoms with Crippen molar-refractivity contribution in [3.63, 3.8) is 0 Å². The largest absolute Gasteiger partial charge is 0.351 e. The van der Waals surface area contributed by atoms with E-state index in [2.05, 4.69) is 52.7 Å². The van der Waals surface area contributed by atoms with Crippen LogP contribution >= 0.6 is 0 Å². The molecule has 2 amide bonds. The number of quaternary nitrogens is 2. The van der Waals surface area contributed by atoms with E-state index in [-0.39, 0.29) is 11.8 Å². The monoisotopic (exact) mass is 513 g/mol. The third kappa shape index (κ3) is 23.3. The zero-order valence-electron chi connectivity index (χ0n) is 25.3. The molecule has 0 saturated carbocycles. The molecule has 0 bridgehead atoms. The molecule has 0 unspecified atom stereocenters. The van der Waals surface area contributed by atoms with Crippen molar-refractivity contribution in [3.8, 4) is 0 Å². The van der Waals surface area contributed by atoms with Crippen LogP contribution < -0.4 is 10.6 Å². The lowest BCUT2D eigenvalue weighted by Gasteiger charge is -2.30. The predicted octanol–water partition coefficient (Wildman–Crippen LogP) is 5.65. The van der Waals surface area contributed by atoms with Gasteiger partial charge < -0.3 is 19.6 Å². The number of nitrogens with one attached hydrogen (secondary N) is 2. The topological polar surface area (TPSA) is 58.2 Å². The fourth-order valence-corrected chi connectivity index (χ4v) is 4.75. The first kappa shape index (κ1) is 34.9. The lowest BCUT2D eigenvalue weighted by molar-refractivity contribution is -0.883. The second-order valence-corrected chi connectivity index (χ2v) is 12.3. The van der Waals surface area contributed by atoms with Gasteiger partial charge >= 0.3 is 0 Å². The number of nitrogens with zero attached hydrogens (tertiary/aromatic N) is 2. The van der Waals surface area contributed by atoms with Crippen LogP contribution in [0.15, 0.2) is 0 Å². The quantitative estimate of drug-likeness (QED) is 0.123. The summed E-state index contributed by atoms with van der Waals surface area (Å²) in [5.41, 5.74) is 0.